The van der Waals surface area contributed by atoms with Crippen molar-refractivity contribution >= 4 is 16.7 Å². The average Bonchev–Trinajstić information content (AvgIpc) is 2.53. The van der Waals surface area contributed by atoms with E-state index in [1.165, 1.54) is 4.68 Å². The Morgan fingerprint density at radius 2 is 1.90 bits per heavy atom. The Morgan fingerprint density at radius 3 is 2.62 bits per heavy atom. The molecule has 0 bridgehead atoms. The number of fused-ring (bicyclic) bond motifs is 1. The number of ether oxygens (including phenoxy) is 1. The lowest BCUT2D eigenvalue weighted by molar-refractivity contribution is -0.134. The summed E-state index contributed by atoms with van der Waals surface area (Å²) in [5.41, 5.74) is 0.498. The van der Waals surface area contributed by atoms with Crippen LogP contribution in [0.1, 0.15) is 5.69 Å². The van der Waals surface area contributed by atoms with Crippen LogP contribution in [0.15, 0.2) is 29.1 Å². The molecule has 2 aromatic rings. The van der Waals surface area contributed by atoms with Crippen molar-refractivity contribution in [3.63, 3.8) is 0 Å². The van der Waals surface area contributed by atoms with E-state index in [-0.39, 0.29) is 17.9 Å². The second kappa shape index (κ2) is 5.65. The molecule has 0 saturated carbocycles. The van der Waals surface area contributed by atoms with Gasteiger partial charge in [-0.25, -0.2) is 4.68 Å². The molecule has 1 saturated heterocycles. The molecule has 0 spiro atoms. The van der Waals surface area contributed by atoms with E-state index in [1.54, 1.807) is 18.0 Å². The summed E-state index contributed by atoms with van der Waals surface area (Å²) >= 11 is 0. The van der Waals surface area contributed by atoms with Crippen LogP contribution in [0.4, 0.5) is 0 Å². The summed E-state index contributed by atoms with van der Waals surface area (Å²) in [5.74, 6) is 0.0228. The summed E-state index contributed by atoms with van der Waals surface area (Å²) in [5, 5.41) is 5.61. The lowest BCUT2D eigenvalue weighted by Gasteiger charge is -2.26. The maximum absolute atomic E-state index is 12.4. The number of rotatable bonds is 2. The number of amides is 1. The van der Waals surface area contributed by atoms with E-state index in [0.717, 1.165) is 5.39 Å². The molecule has 110 valence electrons. The first-order valence-electron chi connectivity index (χ1n) is 6.97. The van der Waals surface area contributed by atoms with Gasteiger partial charge in [0.2, 0.25) is 5.91 Å². The minimum Gasteiger partial charge on any atom is -0.378 e. The van der Waals surface area contributed by atoms with Gasteiger partial charge in [-0.2, -0.15) is 5.10 Å². The molecule has 3 rings (SSSR count). The fraction of sp³-hybridized carbons (Fsp3) is 0.400. The molecule has 1 aromatic carbocycles. The SMILES string of the molecule is Cn1nc(CC(=O)N2CCOCC2)c2ccccc2c1=O. The lowest BCUT2D eigenvalue weighted by atomic mass is 10.1. The average molecular weight is 287 g/mol. The predicted molar refractivity (Wildman–Crippen MR) is 78.1 cm³/mol. The van der Waals surface area contributed by atoms with Gasteiger partial charge in [0, 0.05) is 25.5 Å². The summed E-state index contributed by atoms with van der Waals surface area (Å²) in [4.78, 5) is 26.2. The molecule has 1 aromatic heterocycles. The molecule has 1 amide bonds. The van der Waals surface area contributed by atoms with Crippen molar-refractivity contribution in [1.29, 1.82) is 0 Å². The second-order valence-corrected chi connectivity index (χ2v) is 5.09. The Morgan fingerprint density at radius 1 is 1.24 bits per heavy atom. The monoisotopic (exact) mass is 287 g/mol. The number of carbonyl (C=O) groups excluding carboxylic acids is 1. The minimum atomic E-state index is -0.145. The highest BCUT2D eigenvalue weighted by atomic mass is 16.5. The number of morpholine rings is 1. The molecule has 1 fully saturated rings. The summed E-state index contributed by atoms with van der Waals surface area (Å²) < 4.78 is 6.55. The molecule has 21 heavy (non-hydrogen) atoms. The standard InChI is InChI=1S/C15H17N3O3/c1-17-15(20)12-5-3-2-4-11(12)13(16-17)10-14(19)18-6-8-21-9-7-18/h2-5H,6-10H2,1H3. The van der Waals surface area contributed by atoms with E-state index in [4.69, 9.17) is 4.74 Å². The van der Waals surface area contributed by atoms with Crippen molar-refractivity contribution in [2.45, 2.75) is 6.42 Å². The number of aromatic nitrogens is 2. The van der Waals surface area contributed by atoms with Gasteiger partial charge in [-0.15, -0.1) is 0 Å². The Balaban J connectivity index is 1.95. The molecule has 6 heteroatoms. The van der Waals surface area contributed by atoms with E-state index < -0.39 is 0 Å². The summed E-state index contributed by atoms with van der Waals surface area (Å²) in [7, 11) is 1.61. The zero-order valence-corrected chi connectivity index (χ0v) is 11.9. The topological polar surface area (TPSA) is 64.4 Å². The Hall–Kier alpha value is -2.21. The largest absolute Gasteiger partial charge is 0.378 e. The van der Waals surface area contributed by atoms with Crippen LogP contribution < -0.4 is 5.56 Å². The van der Waals surface area contributed by atoms with Crippen LogP contribution in [0.5, 0.6) is 0 Å². The fourth-order valence-electron chi connectivity index (χ4n) is 2.57. The summed E-state index contributed by atoms with van der Waals surface area (Å²) in [6.07, 6.45) is 0.203. The van der Waals surface area contributed by atoms with Gasteiger partial charge in [-0.05, 0) is 6.07 Å². The van der Waals surface area contributed by atoms with E-state index in [9.17, 15) is 9.59 Å². The molecular formula is C15H17N3O3. The van der Waals surface area contributed by atoms with Crippen molar-refractivity contribution in [3.8, 4) is 0 Å². The van der Waals surface area contributed by atoms with Crippen molar-refractivity contribution in [3.05, 3.63) is 40.3 Å². The van der Waals surface area contributed by atoms with Gasteiger partial charge >= 0.3 is 0 Å². The molecule has 0 radical (unpaired) electrons. The van der Waals surface area contributed by atoms with E-state index in [2.05, 4.69) is 5.10 Å². The molecule has 0 atom stereocenters. The van der Waals surface area contributed by atoms with E-state index in [1.807, 2.05) is 18.2 Å². The Labute approximate surface area is 121 Å². The minimum absolute atomic E-state index is 0.0228. The van der Waals surface area contributed by atoms with Crippen molar-refractivity contribution < 1.29 is 9.53 Å². The summed E-state index contributed by atoms with van der Waals surface area (Å²) in [6, 6.07) is 7.27. The normalized spacial score (nSPS) is 15.4. The molecule has 6 nitrogen and oxygen atoms in total. The number of nitrogens with zero attached hydrogens (tertiary/aromatic N) is 3. The molecule has 2 heterocycles. The van der Waals surface area contributed by atoms with Crippen LogP contribution in [0.3, 0.4) is 0 Å². The van der Waals surface area contributed by atoms with Crippen LogP contribution >= 0.6 is 0 Å². The second-order valence-electron chi connectivity index (χ2n) is 5.09. The van der Waals surface area contributed by atoms with Gasteiger partial charge in [0.1, 0.15) is 0 Å². The quantitative estimate of drug-likeness (QED) is 0.799. The van der Waals surface area contributed by atoms with Gasteiger partial charge in [0.05, 0.1) is 30.7 Å². The van der Waals surface area contributed by atoms with Gasteiger partial charge in [-0.1, -0.05) is 18.2 Å². The molecule has 1 aliphatic rings. The van der Waals surface area contributed by atoms with Crippen molar-refractivity contribution in [2.24, 2.45) is 7.05 Å². The lowest BCUT2D eigenvalue weighted by Crippen LogP contribution is -2.41. The number of hydrogen-bond acceptors (Lipinski definition) is 4. The zero-order chi connectivity index (χ0) is 14.8. The molecule has 1 aliphatic heterocycles. The smallest absolute Gasteiger partial charge is 0.274 e. The summed E-state index contributed by atoms with van der Waals surface area (Å²) in [6.45, 7) is 2.38. The van der Waals surface area contributed by atoms with Crippen LogP contribution in [0.25, 0.3) is 10.8 Å². The number of benzene rings is 1. The third-order valence-electron chi connectivity index (χ3n) is 3.72. The highest BCUT2D eigenvalue weighted by molar-refractivity contribution is 5.88. The van der Waals surface area contributed by atoms with Crippen molar-refractivity contribution in [2.75, 3.05) is 26.3 Å². The van der Waals surface area contributed by atoms with Gasteiger partial charge in [0.25, 0.3) is 5.56 Å². The van der Waals surface area contributed by atoms with Crippen LogP contribution in [-0.2, 0) is 23.0 Å². The molecule has 0 unspecified atom stereocenters. The Bertz CT molecular complexity index is 733. The van der Waals surface area contributed by atoms with E-state index >= 15 is 0 Å². The number of carbonyl (C=O) groups is 1. The third-order valence-corrected chi connectivity index (χ3v) is 3.72. The van der Waals surface area contributed by atoms with Crippen LogP contribution in [-0.4, -0.2) is 46.9 Å². The first kappa shape index (κ1) is 13.8. The number of aryl methyl sites for hydroxylation is 1. The predicted octanol–water partition coefficient (Wildman–Crippen LogP) is 0.335. The first-order chi connectivity index (χ1) is 10.2. The van der Waals surface area contributed by atoms with Crippen molar-refractivity contribution in [1.82, 2.24) is 14.7 Å². The molecular weight excluding hydrogens is 270 g/mol. The highest BCUT2D eigenvalue weighted by Gasteiger charge is 2.19. The van der Waals surface area contributed by atoms with Crippen LogP contribution in [0.2, 0.25) is 0 Å². The maximum atomic E-state index is 12.4. The van der Waals surface area contributed by atoms with Crippen LogP contribution in [0, 0.1) is 0 Å². The Kier molecular flexibility index (Phi) is 3.70. The van der Waals surface area contributed by atoms with Gasteiger partial charge < -0.3 is 9.64 Å². The van der Waals surface area contributed by atoms with Gasteiger partial charge in [-0.3, -0.25) is 9.59 Å². The van der Waals surface area contributed by atoms with Gasteiger partial charge in [0.15, 0.2) is 0 Å². The molecule has 0 aliphatic carbocycles. The highest BCUT2D eigenvalue weighted by Crippen LogP contribution is 2.14. The number of hydrogen-bond donors (Lipinski definition) is 0. The molecule has 0 N–H and O–H groups in total. The third kappa shape index (κ3) is 2.67. The van der Waals surface area contributed by atoms with E-state index in [0.29, 0.717) is 37.4 Å². The fourth-order valence-corrected chi connectivity index (χ4v) is 2.57. The maximum Gasteiger partial charge on any atom is 0.274 e. The zero-order valence-electron chi connectivity index (χ0n) is 11.9. The first-order valence-corrected chi connectivity index (χ1v) is 6.97.